The first-order valence-corrected chi connectivity index (χ1v) is 13.8. The van der Waals surface area contributed by atoms with Gasteiger partial charge in [0.2, 0.25) is 0 Å². The van der Waals surface area contributed by atoms with Crippen molar-refractivity contribution in [1.29, 1.82) is 0 Å². The number of anilines is 1. The molecule has 2 aliphatic rings. The number of benzene rings is 1. The van der Waals surface area contributed by atoms with E-state index in [9.17, 15) is 14.4 Å². The molecular weight excluding hydrogens is 548 g/mol. The minimum atomic E-state index is -0.829. The molecule has 1 aromatic carbocycles. The number of ether oxygens (including phenoxy) is 2. The number of furan rings is 1. The monoisotopic (exact) mass is 585 g/mol. The third-order valence-electron chi connectivity index (χ3n) is 6.54. The second-order valence-corrected chi connectivity index (χ2v) is 12.3. The van der Waals surface area contributed by atoms with E-state index >= 15 is 8.78 Å². The van der Waals surface area contributed by atoms with Crippen LogP contribution in [0.15, 0.2) is 41.0 Å². The lowest BCUT2D eigenvalue weighted by Gasteiger charge is -2.29. The number of carbonyl (C=O) groups is 3. The van der Waals surface area contributed by atoms with Gasteiger partial charge in [-0.15, -0.1) is 0 Å². The fourth-order valence-electron chi connectivity index (χ4n) is 4.58. The lowest BCUT2D eigenvalue weighted by atomic mass is 9.98. The predicted molar refractivity (Wildman–Crippen MR) is 154 cm³/mol. The molecule has 226 valence electrons. The van der Waals surface area contributed by atoms with Crippen LogP contribution in [-0.2, 0) is 9.47 Å². The number of amides is 3. The molecule has 3 amide bonds. The van der Waals surface area contributed by atoms with Gasteiger partial charge in [0, 0.05) is 43.0 Å². The number of carbonyl (C=O) groups excluding carboxylic acids is 3. The van der Waals surface area contributed by atoms with Gasteiger partial charge in [-0.3, -0.25) is 4.79 Å². The molecule has 0 atom stereocenters. The van der Waals surface area contributed by atoms with E-state index in [4.69, 9.17) is 13.9 Å². The molecule has 9 nitrogen and oxygen atoms in total. The highest BCUT2D eigenvalue weighted by molar-refractivity contribution is 6.02. The van der Waals surface area contributed by atoms with Crippen LogP contribution in [0.3, 0.4) is 0 Å². The van der Waals surface area contributed by atoms with E-state index in [2.05, 4.69) is 5.32 Å². The van der Waals surface area contributed by atoms with Crippen LogP contribution >= 0.6 is 0 Å². The SMILES string of the molecule is CC(C)(C)OC(=O)N1CC=C(c2coc(C(=O)Nc3cc(F)c(C4=CCN(C(=O)OC(C)(C)C)CC4)c(F)c3)c2)CC1. The number of hydrogen-bond donors (Lipinski definition) is 1. The second-order valence-electron chi connectivity index (χ2n) is 12.3. The summed E-state index contributed by atoms with van der Waals surface area (Å²) in [5, 5.41) is 2.48. The summed E-state index contributed by atoms with van der Waals surface area (Å²) in [6.07, 6.45) is 4.83. The van der Waals surface area contributed by atoms with Gasteiger partial charge < -0.3 is 29.0 Å². The van der Waals surface area contributed by atoms with E-state index in [1.165, 1.54) is 11.2 Å². The Morgan fingerprint density at radius 1 is 0.810 bits per heavy atom. The van der Waals surface area contributed by atoms with E-state index in [-0.39, 0.29) is 36.5 Å². The summed E-state index contributed by atoms with van der Waals surface area (Å²) in [4.78, 5) is 40.4. The molecule has 0 radical (unpaired) electrons. The number of halogens is 2. The minimum Gasteiger partial charge on any atom is -0.459 e. The normalized spacial score (nSPS) is 16.0. The minimum absolute atomic E-state index is 0.0254. The number of nitrogens with zero attached hydrogens (tertiary/aromatic N) is 2. The highest BCUT2D eigenvalue weighted by Crippen LogP contribution is 2.31. The van der Waals surface area contributed by atoms with E-state index in [0.29, 0.717) is 30.6 Å². The molecule has 11 heteroatoms. The topological polar surface area (TPSA) is 101 Å². The maximum Gasteiger partial charge on any atom is 0.410 e. The van der Waals surface area contributed by atoms with E-state index < -0.39 is 40.9 Å². The van der Waals surface area contributed by atoms with E-state index in [1.807, 2.05) is 26.8 Å². The van der Waals surface area contributed by atoms with Crippen LogP contribution in [0.25, 0.3) is 11.1 Å². The molecule has 0 spiro atoms. The van der Waals surface area contributed by atoms with Crippen molar-refractivity contribution in [3.8, 4) is 0 Å². The molecule has 0 fully saturated rings. The van der Waals surface area contributed by atoms with Gasteiger partial charge in [0.15, 0.2) is 5.76 Å². The molecule has 1 aromatic heterocycles. The number of hydrogen-bond acceptors (Lipinski definition) is 6. The van der Waals surface area contributed by atoms with Crippen molar-refractivity contribution in [1.82, 2.24) is 9.80 Å². The largest absolute Gasteiger partial charge is 0.459 e. The Kier molecular flexibility index (Phi) is 8.79. The van der Waals surface area contributed by atoms with Gasteiger partial charge in [-0.1, -0.05) is 12.2 Å². The van der Waals surface area contributed by atoms with Crippen molar-refractivity contribution in [2.75, 3.05) is 31.5 Å². The summed E-state index contributed by atoms with van der Waals surface area (Å²) in [7, 11) is 0. The standard InChI is InChI=1S/C31H37F2N3O6/c1-30(2,3)41-28(38)35-11-7-19(8-12-35)21-15-25(40-18-21)27(37)34-22-16-23(32)26(24(33)17-22)20-9-13-36(14-10-20)29(39)42-31(4,5)6/h7,9,15-18H,8,10-14H2,1-6H3,(H,34,37). The van der Waals surface area contributed by atoms with Crippen LogP contribution in [0.4, 0.5) is 24.1 Å². The summed E-state index contributed by atoms with van der Waals surface area (Å²) in [5.41, 5.74) is 0.541. The molecule has 4 rings (SSSR count). The Labute approximate surface area is 244 Å². The van der Waals surface area contributed by atoms with E-state index in [1.54, 1.807) is 37.8 Å². The predicted octanol–water partition coefficient (Wildman–Crippen LogP) is 6.86. The van der Waals surface area contributed by atoms with Gasteiger partial charge in [0.1, 0.15) is 22.8 Å². The Hall–Kier alpha value is -4.15. The van der Waals surface area contributed by atoms with Crippen molar-refractivity contribution in [3.63, 3.8) is 0 Å². The lowest BCUT2D eigenvalue weighted by Crippen LogP contribution is -2.39. The van der Waals surface area contributed by atoms with E-state index in [0.717, 1.165) is 17.7 Å². The van der Waals surface area contributed by atoms with Crippen LogP contribution in [0, 0.1) is 11.6 Å². The Morgan fingerprint density at radius 2 is 1.31 bits per heavy atom. The zero-order valence-corrected chi connectivity index (χ0v) is 24.8. The fourth-order valence-corrected chi connectivity index (χ4v) is 4.58. The first-order valence-electron chi connectivity index (χ1n) is 13.8. The molecule has 1 N–H and O–H groups in total. The van der Waals surface area contributed by atoms with Gasteiger partial charge >= 0.3 is 12.2 Å². The highest BCUT2D eigenvalue weighted by Gasteiger charge is 2.27. The maximum atomic E-state index is 15.0. The number of nitrogens with one attached hydrogen (secondary N) is 1. The molecule has 0 aliphatic carbocycles. The smallest absolute Gasteiger partial charge is 0.410 e. The summed E-state index contributed by atoms with van der Waals surface area (Å²) < 4.78 is 46.3. The molecule has 0 unspecified atom stereocenters. The molecule has 0 saturated carbocycles. The van der Waals surface area contributed by atoms with Crippen LogP contribution in [0.1, 0.15) is 76.1 Å². The van der Waals surface area contributed by atoms with Crippen LogP contribution in [-0.4, -0.2) is 65.3 Å². The Morgan fingerprint density at radius 3 is 1.76 bits per heavy atom. The van der Waals surface area contributed by atoms with Gasteiger partial charge in [0.25, 0.3) is 5.91 Å². The fraction of sp³-hybridized carbons (Fsp3) is 0.452. The molecule has 42 heavy (non-hydrogen) atoms. The third-order valence-corrected chi connectivity index (χ3v) is 6.54. The quantitative estimate of drug-likeness (QED) is 0.421. The highest BCUT2D eigenvalue weighted by atomic mass is 19.1. The lowest BCUT2D eigenvalue weighted by molar-refractivity contribution is 0.0260. The summed E-state index contributed by atoms with van der Waals surface area (Å²) in [5.74, 6) is -2.35. The molecule has 2 aromatic rings. The molecule has 0 bridgehead atoms. The first-order chi connectivity index (χ1) is 19.6. The zero-order valence-electron chi connectivity index (χ0n) is 24.8. The summed E-state index contributed by atoms with van der Waals surface area (Å²) in [6, 6.07) is 3.65. The van der Waals surface area contributed by atoms with Crippen molar-refractivity contribution in [3.05, 3.63) is 65.1 Å². The molecule has 2 aliphatic heterocycles. The van der Waals surface area contributed by atoms with Crippen molar-refractivity contribution in [2.45, 2.75) is 65.6 Å². The van der Waals surface area contributed by atoms with Crippen molar-refractivity contribution in [2.24, 2.45) is 0 Å². The number of rotatable bonds is 4. The molecule has 3 heterocycles. The molecular formula is C31H37F2N3O6. The third kappa shape index (κ3) is 7.77. The van der Waals surface area contributed by atoms with Gasteiger partial charge in [-0.05, 0) is 83.7 Å². The van der Waals surface area contributed by atoms with Gasteiger partial charge in [-0.2, -0.15) is 0 Å². The van der Waals surface area contributed by atoms with Crippen LogP contribution < -0.4 is 5.32 Å². The van der Waals surface area contributed by atoms with Gasteiger partial charge in [0.05, 0.1) is 6.26 Å². The van der Waals surface area contributed by atoms with Crippen molar-refractivity contribution >= 4 is 34.9 Å². The summed E-state index contributed by atoms with van der Waals surface area (Å²) in [6.45, 7) is 12.0. The molecule has 0 saturated heterocycles. The summed E-state index contributed by atoms with van der Waals surface area (Å²) >= 11 is 0. The Balaban J connectivity index is 1.38. The maximum absolute atomic E-state index is 15.0. The first kappa shape index (κ1) is 30.8. The average molecular weight is 586 g/mol. The van der Waals surface area contributed by atoms with Gasteiger partial charge in [-0.25, -0.2) is 18.4 Å². The van der Waals surface area contributed by atoms with Crippen LogP contribution in [0.2, 0.25) is 0 Å². The Bertz CT molecular complexity index is 1410. The average Bonchev–Trinajstić information content (AvgIpc) is 3.37. The van der Waals surface area contributed by atoms with Crippen LogP contribution in [0.5, 0.6) is 0 Å². The second kappa shape index (κ2) is 12.0. The van der Waals surface area contributed by atoms with Crippen molar-refractivity contribution < 1.29 is 37.1 Å². The zero-order chi connectivity index (χ0) is 30.8.